The molecule has 7 rings (SSSR count). The van der Waals surface area contributed by atoms with Gasteiger partial charge in [0.2, 0.25) is 5.90 Å². The number of aliphatic imine (C=N–C) groups is 2. The van der Waals surface area contributed by atoms with E-state index in [1.807, 2.05) is 117 Å². The van der Waals surface area contributed by atoms with E-state index in [1.54, 1.807) is 6.08 Å². The van der Waals surface area contributed by atoms with Gasteiger partial charge in [-0.25, -0.2) is 9.98 Å². The summed E-state index contributed by atoms with van der Waals surface area (Å²) in [5, 5.41) is 4.26. The number of carbonyl (C=O) groups excluding carboxylic acids is 1. The predicted octanol–water partition coefficient (Wildman–Crippen LogP) is 8.45. The molecule has 3 aliphatic rings. The van der Waals surface area contributed by atoms with Gasteiger partial charge in [-0.2, -0.15) is 0 Å². The van der Waals surface area contributed by atoms with Crippen LogP contribution < -0.4 is 4.98 Å². The summed E-state index contributed by atoms with van der Waals surface area (Å²) in [5.74, 6) is 0.317. The van der Waals surface area contributed by atoms with Crippen molar-refractivity contribution in [2.45, 2.75) is 20.0 Å². The number of aromatic nitrogens is 1. The SMILES string of the molecule is CC(C)OC1=N/C(=C(/c2ccccc2)c2ccc(/C(=C3/C=CC(C(=C4/C=CC(=O)[N-]4)/c4ccccc4)=N3)c3ccccc3)[n-]2)C=C1.[Zn+2]. The van der Waals surface area contributed by atoms with E-state index in [0.29, 0.717) is 11.6 Å². The third kappa shape index (κ3) is 6.76. The van der Waals surface area contributed by atoms with Crippen LogP contribution in [0.2, 0.25) is 0 Å². The largest absolute Gasteiger partial charge is 2.00 e. The Balaban J connectivity index is 0.00000386. The molecular formula is C40H30N4O2Zn. The minimum Gasteiger partial charge on any atom is -0.657 e. The van der Waals surface area contributed by atoms with E-state index < -0.39 is 0 Å². The molecular weight excluding hydrogens is 634 g/mol. The zero-order valence-corrected chi connectivity index (χ0v) is 29.1. The van der Waals surface area contributed by atoms with Crippen molar-refractivity contribution in [3.8, 4) is 0 Å². The number of ether oxygens (including phenoxy) is 1. The number of allylic oxidation sites excluding steroid dienone is 5. The van der Waals surface area contributed by atoms with E-state index in [-0.39, 0.29) is 31.5 Å². The number of rotatable bonds is 7. The molecule has 0 unspecified atom stereocenters. The first kappa shape index (κ1) is 31.6. The maximum Gasteiger partial charge on any atom is 2.00 e. The summed E-state index contributed by atoms with van der Waals surface area (Å²) in [6.07, 6.45) is 11.1. The molecule has 0 aliphatic carbocycles. The van der Waals surface area contributed by atoms with Crippen LogP contribution in [-0.4, -0.2) is 23.6 Å². The number of benzene rings is 3. The van der Waals surface area contributed by atoms with E-state index in [4.69, 9.17) is 19.7 Å². The number of amides is 1. The molecule has 7 heteroatoms. The molecule has 1 aromatic heterocycles. The standard InChI is InChI=1S/C40H31N4O2.Zn/c1-26(2)46-37-25-23-35(44-37)40(29-16-10-5-11-17-29)33-21-19-31(42-33)38(27-12-6-3-7-13-27)30-18-20-32(41-30)39(28-14-8-4-9-15-28)34-22-24-36(45)43-34;/h3-26H,1-2H3,(H-,41,42,43,44,45);/q-1;+2/p-1. The van der Waals surface area contributed by atoms with Crippen molar-refractivity contribution in [1.82, 2.24) is 4.98 Å². The van der Waals surface area contributed by atoms with Gasteiger partial charge in [-0.3, -0.25) is 0 Å². The van der Waals surface area contributed by atoms with E-state index in [1.165, 1.54) is 6.08 Å². The first-order valence-corrected chi connectivity index (χ1v) is 15.2. The number of hydrogen-bond acceptors (Lipinski definition) is 4. The van der Waals surface area contributed by atoms with Crippen molar-refractivity contribution < 1.29 is 29.0 Å². The van der Waals surface area contributed by atoms with Crippen LogP contribution in [0.4, 0.5) is 0 Å². The van der Waals surface area contributed by atoms with Crippen LogP contribution >= 0.6 is 0 Å². The molecule has 0 fully saturated rings. The average molecular weight is 664 g/mol. The van der Waals surface area contributed by atoms with Crippen LogP contribution in [-0.2, 0) is 29.0 Å². The van der Waals surface area contributed by atoms with Gasteiger partial charge in [-0.1, -0.05) is 109 Å². The molecule has 3 aliphatic heterocycles. The Bertz CT molecular complexity index is 2060. The maximum atomic E-state index is 12.1. The fourth-order valence-electron chi connectivity index (χ4n) is 5.65. The summed E-state index contributed by atoms with van der Waals surface area (Å²) in [6.45, 7) is 3.98. The van der Waals surface area contributed by atoms with Gasteiger partial charge < -0.3 is 19.8 Å². The quantitative estimate of drug-likeness (QED) is 0.186. The Morgan fingerprint density at radius 3 is 1.62 bits per heavy atom. The van der Waals surface area contributed by atoms with Crippen molar-refractivity contribution >= 4 is 34.2 Å². The summed E-state index contributed by atoms with van der Waals surface area (Å²) in [7, 11) is 0. The summed E-state index contributed by atoms with van der Waals surface area (Å²) in [4.78, 5) is 27.2. The number of nitrogens with zero attached hydrogens (tertiary/aromatic N) is 4. The molecule has 0 spiro atoms. The Kier molecular flexibility index (Phi) is 9.37. The minimum absolute atomic E-state index is 0. The molecule has 0 saturated heterocycles. The first-order chi connectivity index (χ1) is 22.5. The van der Waals surface area contributed by atoms with Crippen LogP contribution in [0, 0.1) is 0 Å². The van der Waals surface area contributed by atoms with Crippen molar-refractivity contribution in [1.29, 1.82) is 0 Å². The number of hydrogen-bond donors (Lipinski definition) is 0. The molecule has 0 N–H and O–H groups in total. The fraction of sp³-hybridized carbons (Fsp3) is 0.0750. The Morgan fingerprint density at radius 2 is 1.11 bits per heavy atom. The molecule has 0 saturated carbocycles. The van der Waals surface area contributed by atoms with Crippen LogP contribution in [0.5, 0.6) is 0 Å². The maximum absolute atomic E-state index is 12.1. The summed E-state index contributed by atoms with van der Waals surface area (Å²) in [5.41, 5.74) is 10.1. The zero-order chi connectivity index (χ0) is 31.5. The molecule has 3 aromatic carbocycles. The average Bonchev–Trinajstić information content (AvgIpc) is 3.90. The van der Waals surface area contributed by atoms with Crippen LogP contribution in [0.1, 0.15) is 41.9 Å². The summed E-state index contributed by atoms with van der Waals surface area (Å²) >= 11 is 0. The van der Waals surface area contributed by atoms with Gasteiger partial charge in [-0.15, -0.1) is 17.1 Å². The van der Waals surface area contributed by atoms with Gasteiger partial charge in [0, 0.05) is 6.08 Å². The fourth-order valence-corrected chi connectivity index (χ4v) is 5.65. The third-order valence-corrected chi connectivity index (χ3v) is 7.59. The van der Waals surface area contributed by atoms with E-state index in [9.17, 15) is 4.79 Å². The zero-order valence-electron chi connectivity index (χ0n) is 26.2. The molecule has 1 amide bonds. The van der Waals surface area contributed by atoms with Crippen LogP contribution in [0.25, 0.3) is 22.0 Å². The second kappa shape index (κ2) is 13.9. The number of carbonyl (C=O) groups is 1. The normalized spacial score (nSPS) is 18.1. The van der Waals surface area contributed by atoms with Gasteiger partial charge in [0.05, 0.1) is 29.1 Å². The first-order valence-electron chi connectivity index (χ1n) is 15.2. The second-order valence-corrected chi connectivity index (χ2v) is 11.2. The Morgan fingerprint density at radius 1 is 0.596 bits per heavy atom. The molecule has 6 nitrogen and oxygen atoms in total. The van der Waals surface area contributed by atoms with Crippen molar-refractivity contribution in [2.24, 2.45) is 9.98 Å². The molecule has 0 atom stereocenters. The van der Waals surface area contributed by atoms with E-state index >= 15 is 0 Å². The third-order valence-electron chi connectivity index (χ3n) is 7.59. The van der Waals surface area contributed by atoms with Gasteiger partial charge >= 0.3 is 19.5 Å². The van der Waals surface area contributed by atoms with E-state index in [0.717, 1.165) is 61.9 Å². The second-order valence-electron chi connectivity index (χ2n) is 11.2. The summed E-state index contributed by atoms with van der Waals surface area (Å²) < 4.78 is 5.88. The van der Waals surface area contributed by atoms with Gasteiger partial charge in [0.1, 0.15) is 0 Å². The van der Waals surface area contributed by atoms with Gasteiger partial charge in [-0.05, 0) is 71.6 Å². The Labute approximate surface area is 287 Å². The molecule has 4 aromatic rings. The van der Waals surface area contributed by atoms with Gasteiger partial charge in [0.25, 0.3) is 0 Å². The van der Waals surface area contributed by atoms with Crippen molar-refractivity contribution in [3.63, 3.8) is 0 Å². The Hall–Kier alpha value is -5.39. The van der Waals surface area contributed by atoms with Gasteiger partial charge in [0.15, 0.2) is 0 Å². The van der Waals surface area contributed by atoms with Crippen molar-refractivity contribution in [2.75, 3.05) is 0 Å². The monoisotopic (exact) mass is 662 g/mol. The van der Waals surface area contributed by atoms with Crippen molar-refractivity contribution in [3.05, 3.63) is 190 Å². The molecule has 47 heavy (non-hydrogen) atoms. The molecule has 0 bridgehead atoms. The molecule has 224 valence electrons. The summed E-state index contributed by atoms with van der Waals surface area (Å²) in [6, 6.07) is 34.3. The topological polar surface area (TPSA) is 79.2 Å². The smallest absolute Gasteiger partial charge is 0.657 e. The van der Waals surface area contributed by atoms with Crippen LogP contribution in [0.3, 0.4) is 0 Å². The van der Waals surface area contributed by atoms with E-state index in [2.05, 4.69) is 29.6 Å². The minimum atomic E-state index is -0.270. The molecule has 4 heterocycles. The predicted molar refractivity (Wildman–Crippen MR) is 185 cm³/mol. The van der Waals surface area contributed by atoms with Crippen LogP contribution in [0.15, 0.2) is 167 Å². The molecule has 0 radical (unpaired) electrons.